The molecule has 0 unspecified atom stereocenters. The third-order valence-corrected chi connectivity index (χ3v) is 4.23. The minimum atomic E-state index is -0.113. The van der Waals surface area contributed by atoms with Crippen LogP contribution in [0, 0.1) is 12.7 Å². The smallest absolute Gasteiger partial charge is 0.126 e. The molecule has 1 fully saturated rings. The normalized spacial score (nSPS) is 17.6. The molecule has 1 N–H and O–H groups in total. The van der Waals surface area contributed by atoms with Gasteiger partial charge in [0.2, 0.25) is 0 Å². The predicted molar refractivity (Wildman–Crippen MR) is 82.3 cm³/mol. The highest BCUT2D eigenvalue weighted by atomic mass is 19.1. The van der Waals surface area contributed by atoms with Crippen LogP contribution in [-0.2, 0) is 6.54 Å². The maximum atomic E-state index is 13.2. The maximum absolute atomic E-state index is 13.2. The standard InChI is InChI=1S/C17H27FN2/c1-3-4-9-20-10-7-16(8-11-20)19-13-15-5-6-17(18)14(2)12-15/h5-6,12,16,19H,3-4,7-11,13H2,1-2H3. The van der Waals surface area contributed by atoms with Gasteiger partial charge in [-0.2, -0.15) is 0 Å². The van der Waals surface area contributed by atoms with Gasteiger partial charge in [0.25, 0.3) is 0 Å². The number of likely N-dealkylation sites (tertiary alicyclic amines) is 1. The average Bonchev–Trinajstić information content (AvgIpc) is 2.47. The fourth-order valence-electron chi connectivity index (χ4n) is 2.82. The van der Waals surface area contributed by atoms with E-state index in [1.54, 1.807) is 6.07 Å². The summed E-state index contributed by atoms with van der Waals surface area (Å²) in [4.78, 5) is 2.57. The van der Waals surface area contributed by atoms with Crippen molar-refractivity contribution in [2.24, 2.45) is 0 Å². The van der Waals surface area contributed by atoms with Crippen LogP contribution in [0.3, 0.4) is 0 Å². The van der Waals surface area contributed by atoms with Crippen molar-refractivity contribution < 1.29 is 4.39 Å². The molecule has 20 heavy (non-hydrogen) atoms. The lowest BCUT2D eigenvalue weighted by Crippen LogP contribution is -2.42. The second-order valence-corrected chi connectivity index (χ2v) is 5.93. The van der Waals surface area contributed by atoms with Gasteiger partial charge in [-0.3, -0.25) is 0 Å². The summed E-state index contributed by atoms with van der Waals surface area (Å²) < 4.78 is 13.2. The molecule has 0 bridgehead atoms. The molecule has 0 amide bonds. The first-order chi connectivity index (χ1) is 9.69. The van der Waals surface area contributed by atoms with Gasteiger partial charge in [0.15, 0.2) is 0 Å². The monoisotopic (exact) mass is 278 g/mol. The molecule has 2 rings (SSSR count). The van der Waals surface area contributed by atoms with Crippen LogP contribution < -0.4 is 5.32 Å². The van der Waals surface area contributed by atoms with E-state index in [0.29, 0.717) is 6.04 Å². The van der Waals surface area contributed by atoms with Crippen molar-refractivity contribution >= 4 is 0 Å². The highest BCUT2D eigenvalue weighted by molar-refractivity contribution is 5.23. The van der Waals surface area contributed by atoms with Gasteiger partial charge in [0.05, 0.1) is 0 Å². The average molecular weight is 278 g/mol. The summed E-state index contributed by atoms with van der Waals surface area (Å²) in [6.45, 7) is 8.59. The number of nitrogens with one attached hydrogen (secondary N) is 1. The summed E-state index contributed by atoms with van der Waals surface area (Å²) in [5.74, 6) is -0.113. The quantitative estimate of drug-likeness (QED) is 0.857. The Hall–Kier alpha value is -0.930. The molecule has 1 aliphatic heterocycles. The van der Waals surface area contributed by atoms with Crippen molar-refractivity contribution in [3.63, 3.8) is 0 Å². The number of halogens is 1. The fraction of sp³-hybridized carbons (Fsp3) is 0.647. The van der Waals surface area contributed by atoms with Crippen LogP contribution in [0.4, 0.5) is 4.39 Å². The van der Waals surface area contributed by atoms with E-state index in [1.165, 1.54) is 50.9 Å². The molecule has 1 aromatic carbocycles. The van der Waals surface area contributed by atoms with Gasteiger partial charge >= 0.3 is 0 Å². The van der Waals surface area contributed by atoms with Crippen molar-refractivity contribution in [3.8, 4) is 0 Å². The molecule has 0 aliphatic carbocycles. The zero-order valence-corrected chi connectivity index (χ0v) is 12.8. The Morgan fingerprint density at radius 3 is 2.70 bits per heavy atom. The van der Waals surface area contributed by atoms with Gasteiger partial charge in [0, 0.05) is 12.6 Å². The molecule has 0 aromatic heterocycles. The third-order valence-electron chi connectivity index (χ3n) is 4.23. The number of unbranched alkanes of at least 4 members (excludes halogenated alkanes) is 1. The van der Waals surface area contributed by atoms with Gasteiger partial charge in [-0.1, -0.05) is 25.5 Å². The highest BCUT2D eigenvalue weighted by Gasteiger charge is 2.18. The number of nitrogens with zero attached hydrogens (tertiary/aromatic N) is 1. The molecule has 0 radical (unpaired) electrons. The van der Waals surface area contributed by atoms with Crippen LogP contribution in [0.2, 0.25) is 0 Å². The van der Waals surface area contributed by atoms with Crippen LogP contribution >= 0.6 is 0 Å². The number of rotatable bonds is 6. The van der Waals surface area contributed by atoms with E-state index < -0.39 is 0 Å². The summed E-state index contributed by atoms with van der Waals surface area (Å²) in [6.07, 6.45) is 5.04. The van der Waals surface area contributed by atoms with Crippen LogP contribution in [0.15, 0.2) is 18.2 Å². The lowest BCUT2D eigenvalue weighted by molar-refractivity contribution is 0.195. The summed E-state index contributed by atoms with van der Waals surface area (Å²) >= 11 is 0. The Morgan fingerprint density at radius 2 is 2.05 bits per heavy atom. The predicted octanol–water partition coefficient (Wildman–Crippen LogP) is 3.49. The van der Waals surface area contributed by atoms with Crippen LogP contribution in [0.1, 0.15) is 43.7 Å². The molecule has 0 spiro atoms. The largest absolute Gasteiger partial charge is 0.310 e. The number of hydrogen-bond acceptors (Lipinski definition) is 2. The van der Waals surface area contributed by atoms with E-state index in [0.717, 1.165) is 12.1 Å². The first-order valence-corrected chi connectivity index (χ1v) is 7.90. The van der Waals surface area contributed by atoms with E-state index >= 15 is 0 Å². The van der Waals surface area contributed by atoms with E-state index in [-0.39, 0.29) is 5.82 Å². The molecule has 1 aromatic rings. The second kappa shape index (κ2) is 7.75. The number of aryl methyl sites for hydroxylation is 1. The first kappa shape index (κ1) is 15.5. The van der Waals surface area contributed by atoms with Crippen molar-refractivity contribution in [1.29, 1.82) is 0 Å². The van der Waals surface area contributed by atoms with Crippen molar-refractivity contribution in [2.45, 2.75) is 52.1 Å². The molecule has 2 nitrogen and oxygen atoms in total. The highest BCUT2D eigenvalue weighted by Crippen LogP contribution is 2.13. The molecular weight excluding hydrogens is 251 g/mol. The molecule has 0 atom stereocenters. The summed E-state index contributed by atoms with van der Waals surface area (Å²) in [5, 5.41) is 3.61. The minimum absolute atomic E-state index is 0.113. The van der Waals surface area contributed by atoms with Crippen LogP contribution in [0.25, 0.3) is 0 Å². The van der Waals surface area contributed by atoms with Crippen LogP contribution in [-0.4, -0.2) is 30.6 Å². The Balaban J connectivity index is 1.71. The number of benzene rings is 1. The number of hydrogen-bond donors (Lipinski definition) is 1. The van der Waals surface area contributed by atoms with Gasteiger partial charge in [-0.15, -0.1) is 0 Å². The van der Waals surface area contributed by atoms with Crippen molar-refractivity contribution in [1.82, 2.24) is 10.2 Å². The second-order valence-electron chi connectivity index (χ2n) is 5.93. The van der Waals surface area contributed by atoms with Gasteiger partial charge < -0.3 is 10.2 Å². The molecule has 3 heteroatoms. The lowest BCUT2D eigenvalue weighted by atomic mass is 10.0. The van der Waals surface area contributed by atoms with Crippen molar-refractivity contribution in [2.75, 3.05) is 19.6 Å². The molecule has 1 aliphatic rings. The first-order valence-electron chi connectivity index (χ1n) is 7.90. The summed E-state index contributed by atoms with van der Waals surface area (Å²) in [7, 11) is 0. The van der Waals surface area contributed by atoms with E-state index in [1.807, 2.05) is 19.1 Å². The van der Waals surface area contributed by atoms with E-state index in [2.05, 4.69) is 17.1 Å². The van der Waals surface area contributed by atoms with E-state index in [9.17, 15) is 4.39 Å². The van der Waals surface area contributed by atoms with Gasteiger partial charge in [0.1, 0.15) is 5.82 Å². The zero-order chi connectivity index (χ0) is 14.4. The SMILES string of the molecule is CCCCN1CCC(NCc2ccc(F)c(C)c2)CC1. The molecular formula is C17H27FN2. The Kier molecular flexibility index (Phi) is 5.99. The summed E-state index contributed by atoms with van der Waals surface area (Å²) in [5.41, 5.74) is 1.91. The zero-order valence-electron chi connectivity index (χ0n) is 12.8. The fourth-order valence-corrected chi connectivity index (χ4v) is 2.82. The topological polar surface area (TPSA) is 15.3 Å². The molecule has 1 saturated heterocycles. The Labute approximate surface area is 122 Å². The third kappa shape index (κ3) is 4.57. The minimum Gasteiger partial charge on any atom is -0.310 e. The van der Waals surface area contributed by atoms with Gasteiger partial charge in [-0.25, -0.2) is 4.39 Å². The molecule has 112 valence electrons. The van der Waals surface area contributed by atoms with Crippen LogP contribution in [0.5, 0.6) is 0 Å². The van der Waals surface area contributed by atoms with E-state index in [4.69, 9.17) is 0 Å². The molecule has 0 saturated carbocycles. The Morgan fingerprint density at radius 1 is 1.30 bits per heavy atom. The van der Waals surface area contributed by atoms with Crippen molar-refractivity contribution in [3.05, 3.63) is 35.1 Å². The number of piperidine rings is 1. The maximum Gasteiger partial charge on any atom is 0.126 e. The lowest BCUT2D eigenvalue weighted by Gasteiger charge is -2.32. The molecule has 1 heterocycles. The Bertz CT molecular complexity index is 411. The summed E-state index contributed by atoms with van der Waals surface area (Å²) in [6, 6.07) is 6.00. The van der Waals surface area contributed by atoms with Gasteiger partial charge in [-0.05, 0) is 63.0 Å².